The topological polar surface area (TPSA) is 87.5 Å². The van der Waals surface area contributed by atoms with Crippen molar-refractivity contribution in [3.63, 3.8) is 0 Å². The van der Waals surface area contributed by atoms with Gasteiger partial charge in [0.05, 0.1) is 22.8 Å². The average Bonchev–Trinajstić information content (AvgIpc) is 2.66. The Balaban J connectivity index is 2.51. The molecule has 2 aromatic carbocycles. The van der Waals surface area contributed by atoms with E-state index in [0.29, 0.717) is 0 Å². The smallest absolute Gasteiger partial charge is 0.339 e. The van der Waals surface area contributed by atoms with E-state index in [1.807, 2.05) is 0 Å². The molecule has 28 heavy (non-hydrogen) atoms. The largest absolute Gasteiger partial charge is 0.444 e. The highest BCUT2D eigenvalue weighted by molar-refractivity contribution is 7.93. The summed E-state index contributed by atoms with van der Waals surface area (Å²) < 4.78 is 45.4. The Hall–Kier alpha value is -2.89. The predicted molar refractivity (Wildman–Crippen MR) is 103 cm³/mol. The number of anilines is 1. The average molecular weight is 423 g/mol. The first-order valence-electron chi connectivity index (χ1n) is 8.00. The van der Waals surface area contributed by atoms with E-state index in [0.717, 1.165) is 22.5 Å². The first-order chi connectivity index (χ1) is 13.2. The predicted octanol–water partition coefficient (Wildman–Crippen LogP) is 3.93. The molecule has 0 aliphatic carbocycles. The van der Waals surface area contributed by atoms with E-state index >= 15 is 0 Å². The van der Waals surface area contributed by atoms with Crippen molar-refractivity contribution in [1.82, 2.24) is 0 Å². The number of nitrogens with zero attached hydrogens (tertiary/aromatic N) is 2. The van der Waals surface area contributed by atoms with E-state index in [1.165, 1.54) is 37.3 Å². The highest BCUT2D eigenvalue weighted by Crippen LogP contribution is 2.30. The maximum atomic E-state index is 13.2. The minimum absolute atomic E-state index is 0.0808. The molecule has 146 valence electrons. The molecular formula is C19H16ClFN2O4S. The fourth-order valence-electron chi connectivity index (χ4n) is 2.27. The van der Waals surface area contributed by atoms with E-state index in [4.69, 9.17) is 21.6 Å². The summed E-state index contributed by atoms with van der Waals surface area (Å²) in [4.78, 5) is 11.8. The number of carbonyl (C=O) groups excluding carboxylic acids is 1. The van der Waals surface area contributed by atoms with E-state index in [1.54, 1.807) is 6.07 Å². The number of esters is 1. The van der Waals surface area contributed by atoms with Crippen LogP contribution < -0.4 is 4.31 Å². The third kappa shape index (κ3) is 4.68. The van der Waals surface area contributed by atoms with Crippen LogP contribution >= 0.6 is 11.6 Å². The van der Waals surface area contributed by atoms with Crippen LogP contribution in [0.5, 0.6) is 0 Å². The Labute approximate surface area is 167 Å². The molecule has 0 aromatic heterocycles. The fourth-order valence-corrected chi connectivity index (χ4v) is 4.21. The number of hydrogen-bond donors (Lipinski definition) is 0. The zero-order chi connectivity index (χ0) is 20.9. The van der Waals surface area contributed by atoms with Crippen LogP contribution in [-0.4, -0.2) is 27.0 Å². The lowest BCUT2D eigenvalue weighted by Crippen LogP contribution is -2.31. The second kappa shape index (κ2) is 8.87. The Morgan fingerprint density at radius 2 is 2.00 bits per heavy atom. The molecule has 1 atom stereocenters. The summed E-state index contributed by atoms with van der Waals surface area (Å²) in [7, 11) is -4.21. The van der Waals surface area contributed by atoms with Crippen molar-refractivity contribution < 1.29 is 22.3 Å². The molecule has 0 saturated heterocycles. The summed E-state index contributed by atoms with van der Waals surface area (Å²) in [5, 5.41) is 8.64. The van der Waals surface area contributed by atoms with E-state index in [9.17, 15) is 17.6 Å². The Morgan fingerprint density at radius 1 is 1.36 bits per heavy atom. The van der Waals surface area contributed by atoms with Gasteiger partial charge in [-0.25, -0.2) is 17.6 Å². The van der Waals surface area contributed by atoms with E-state index in [2.05, 4.69) is 6.58 Å². The third-order valence-corrected chi connectivity index (χ3v) is 5.89. The van der Waals surface area contributed by atoms with Gasteiger partial charge >= 0.3 is 5.97 Å². The van der Waals surface area contributed by atoms with Crippen LogP contribution in [0, 0.1) is 17.1 Å². The number of hydrogen-bond acceptors (Lipinski definition) is 5. The molecule has 0 saturated carbocycles. The lowest BCUT2D eigenvalue weighted by molar-refractivity contribution is 0.0435. The lowest BCUT2D eigenvalue weighted by Gasteiger charge is -2.24. The number of ether oxygens (including phenoxy) is 1. The summed E-state index contributed by atoms with van der Waals surface area (Å²) >= 11 is 6.08. The highest BCUT2D eigenvalue weighted by atomic mass is 35.5. The number of nitriles is 1. The Kier molecular flexibility index (Phi) is 6.78. The molecule has 0 heterocycles. The monoisotopic (exact) mass is 422 g/mol. The maximum absolute atomic E-state index is 13.2. The van der Waals surface area contributed by atoms with Gasteiger partial charge in [-0.3, -0.25) is 4.31 Å². The van der Waals surface area contributed by atoms with Gasteiger partial charge in [-0.2, -0.15) is 5.26 Å². The first-order valence-corrected chi connectivity index (χ1v) is 9.82. The maximum Gasteiger partial charge on any atom is 0.339 e. The molecule has 0 bridgehead atoms. The molecular weight excluding hydrogens is 407 g/mol. The summed E-state index contributed by atoms with van der Waals surface area (Å²) in [6.45, 7) is 4.82. The molecule has 0 fully saturated rings. The molecule has 9 heteroatoms. The normalized spacial score (nSPS) is 11.9. The second-order valence-corrected chi connectivity index (χ2v) is 7.86. The van der Waals surface area contributed by atoms with Crippen LogP contribution in [0.4, 0.5) is 10.1 Å². The fraction of sp³-hybridized carbons (Fsp3) is 0.158. The lowest BCUT2D eigenvalue weighted by atomic mass is 10.2. The number of carbonyl (C=O) groups is 1. The minimum atomic E-state index is -4.21. The van der Waals surface area contributed by atoms with Crippen molar-refractivity contribution in [3.05, 3.63) is 71.5 Å². The summed E-state index contributed by atoms with van der Waals surface area (Å²) in [5.74, 6) is -1.38. The number of rotatable bonds is 7. The van der Waals surface area contributed by atoms with E-state index in [-0.39, 0.29) is 27.7 Å². The van der Waals surface area contributed by atoms with Crippen molar-refractivity contribution in [3.8, 4) is 6.07 Å². The van der Waals surface area contributed by atoms with Gasteiger partial charge in [0.25, 0.3) is 10.0 Å². The molecule has 0 amide bonds. The number of sulfonamides is 1. The Bertz CT molecular complexity index is 1030. The van der Waals surface area contributed by atoms with Gasteiger partial charge in [-0.15, -0.1) is 6.58 Å². The van der Waals surface area contributed by atoms with Gasteiger partial charge in [0.2, 0.25) is 0 Å². The second-order valence-electron chi connectivity index (χ2n) is 5.62. The summed E-state index contributed by atoms with van der Waals surface area (Å²) in [6, 6.07) is 10.2. The number of halogens is 2. The van der Waals surface area contributed by atoms with Crippen molar-refractivity contribution >= 4 is 33.3 Å². The van der Waals surface area contributed by atoms with Gasteiger partial charge in [-0.1, -0.05) is 17.7 Å². The quantitative estimate of drug-likeness (QED) is 0.498. The minimum Gasteiger partial charge on any atom is -0.444 e. The van der Waals surface area contributed by atoms with Crippen LogP contribution in [0.3, 0.4) is 0 Å². The van der Waals surface area contributed by atoms with Crippen LogP contribution in [0.25, 0.3) is 0 Å². The van der Waals surface area contributed by atoms with Crippen LogP contribution in [-0.2, 0) is 14.8 Å². The molecule has 0 radical (unpaired) electrons. The van der Waals surface area contributed by atoms with Gasteiger partial charge in [0.15, 0.2) is 6.10 Å². The zero-order valence-electron chi connectivity index (χ0n) is 14.8. The molecule has 1 unspecified atom stereocenters. The Morgan fingerprint density at radius 3 is 2.57 bits per heavy atom. The van der Waals surface area contributed by atoms with E-state index < -0.39 is 27.9 Å². The number of benzene rings is 2. The van der Waals surface area contributed by atoms with Crippen LogP contribution in [0.2, 0.25) is 5.02 Å². The molecule has 2 rings (SSSR count). The van der Waals surface area contributed by atoms with Gasteiger partial charge in [0.1, 0.15) is 16.8 Å². The van der Waals surface area contributed by atoms with Crippen molar-refractivity contribution in [1.29, 1.82) is 5.26 Å². The van der Waals surface area contributed by atoms with Crippen molar-refractivity contribution in [2.45, 2.75) is 17.9 Å². The zero-order valence-corrected chi connectivity index (χ0v) is 16.4. The summed E-state index contributed by atoms with van der Waals surface area (Å²) in [6.07, 6.45) is 0.362. The van der Waals surface area contributed by atoms with Crippen LogP contribution in [0.15, 0.2) is 60.0 Å². The third-order valence-electron chi connectivity index (χ3n) is 3.61. The molecule has 0 spiro atoms. The van der Waals surface area contributed by atoms with Gasteiger partial charge in [-0.05, 0) is 49.4 Å². The molecule has 0 aliphatic heterocycles. The van der Waals surface area contributed by atoms with Crippen molar-refractivity contribution in [2.24, 2.45) is 0 Å². The molecule has 0 aliphatic rings. The summed E-state index contributed by atoms with van der Waals surface area (Å²) in [5.41, 5.74) is 0.117. The van der Waals surface area contributed by atoms with Crippen molar-refractivity contribution in [2.75, 3.05) is 10.8 Å². The molecule has 6 nitrogen and oxygen atoms in total. The highest BCUT2D eigenvalue weighted by Gasteiger charge is 2.28. The SMILES string of the molecule is C=CCN(c1ccc(F)cc1)S(=O)(=O)c1cc(C(=O)OC(C)C#N)ccc1Cl. The first kappa shape index (κ1) is 21.4. The van der Waals surface area contributed by atoms with Gasteiger partial charge in [0, 0.05) is 0 Å². The molecule has 2 aromatic rings. The standard InChI is InChI=1S/C19H16ClFN2O4S/c1-3-10-23(16-7-5-15(21)6-8-16)28(25,26)18-11-14(4-9-17(18)20)19(24)27-13(2)12-22/h3-9,11,13H,1,10H2,2H3. The van der Waals surface area contributed by atoms with Crippen LogP contribution in [0.1, 0.15) is 17.3 Å². The molecule has 0 N–H and O–H groups in total. The van der Waals surface area contributed by atoms with Gasteiger partial charge < -0.3 is 4.74 Å².